The third-order valence-electron chi connectivity index (χ3n) is 0.693. The maximum absolute atomic E-state index is 11.8. The smallest absolute Gasteiger partial charge is 0.276 e. The summed E-state index contributed by atoms with van der Waals surface area (Å²) in [6.45, 7) is 0. The fraction of sp³-hybridized carbons (Fsp3) is 0.500. The van der Waals surface area contributed by atoms with Gasteiger partial charge in [-0.25, -0.2) is 0 Å². The highest BCUT2D eigenvalue weighted by atomic mass is 32.2. The third-order valence-corrected chi connectivity index (χ3v) is 1.05. The van der Waals surface area contributed by atoms with E-state index in [0.717, 1.165) is 0 Å². The minimum atomic E-state index is -5.97. The van der Waals surface area contributed by atoms with E-state index in [9.17, 15) is 30.4 Å². The second-order valence-electron chi connectivity index (χ2n) is 1.77. The average molecular weight is 224 g/mol. The molecule has 0 bridgehead atoms. The van der Waals surface area contributed by atoms with Gasteiger partial charge in [-0.15, -0.1) is 0 Å². The lowest BCUT2D eigenvalue weighted by Gasteiger charge is -2.12. The van der Waals surface area contributed by atoms with Gasteiger partial charge in [-0.05, 0) is 0 Å². The minimum Gasteiger partial charge on any atom is -0.276 e. The van der Waals surface area contributed by atoms with Crippen molar-refractivity contribution in [1.29, 1.82) is 0 Å². The van der Waals surface area contributed by atoms with Gasteiger partial charge in [0.15, 0.2) is 0 Å². The highest BCUT2D eigenvalue weighted by molar-refractivity contribution is 7.90. The lowest BCUT2D eigenvalue weighted by atomic mass is 10.3. The largest absolute Gasteiger partial charge is 0.466 e. The van der Waals surface area contributed by atoms with Crippen LogP contribution in [0.1, 0.15) is 0 Å². The highest BCUT2D eigenvalue weighted by Gasteiger charge is 2.56. The Morgan fingerprint density at radius 3 is 1.69 bits per heavy atom. The summed E-state index contributed by atoms with van der Waals surface area (Å²) < 4.78 is 84.5. The molecule has 0 saturated carbocycles. The molecule has 76 valence electrons. The van der Waals surface area contributed by atoms with Crippen LogP contribution < -0.4 is 0 Å². The van der Waals surface area contributed by atoms with E-state index in [0.29, 0.717) is 5.25 Å². The standard InChI is InChI=1S/C4HF5O3S/c5-3(6,4(7,8)9)1-2-13(10,11)12/h(H,10,11,12). The van der Waals surface area contributed by atoms with Crippen LogP contribution in [0.4, 0.5) is 22.0 Å². The van der Waals surface area contributed by atoms with E-state index in [1.54, 1.807) is 0 Å². The molecule has 0 amide bonds. The van der Waals surface area contributed by atoms with Gasteiger partial charge in [-0.1, -0.05) is 0 Å². The van der Waals surface area contributed by atoms with Gasteiger partial charge >= 0.3 is 22.2 Å². The van der Waals surface area contributed by atoms with Crippen molar-refractivity contribution in [1.82, 2.24) is 0 Å². The Labute approximate surface area is 69.3 Å². The zero-order valence-electron chi connectivity index (χ0n) is 5.56. The molecule has 0 saturated heterocycles. The SMILES string of the molecule is O=S(=O)(O)C#CC(F)(F)C(F)(F)F. The molecule has 0 aliphatic heterocycles. The number of alkyl halides is 5. The average Bonchev–Trinajstić information content (AvgIpc) is 1.79. The van der Waals surface area contributed by atoms with Crippen molar-refractivity contribution < 1.29 is 34.9 Å². The van der Waals surface area contributed by atoms with Crippen LogP contribution in [-0.4, -0.2) is 25.1 Å². The zero-order chi connectivity index (χ0) is 10.9. The molecular formula is C4HF5O3S. The monoisotopic (exact) mass is 224 g/mol. The van der Waals surface area contributed by atoms with Gasteiger partial charge in [0.2, 0.25) is 0 Å². The molecule has 0 heterocycles. The Morgan fingerprint density at radius 2 is 1.46 bits per heavy atom. The summed E-state index contributed by atoms with van der Waals surface area (Å²) in [5.41, 5.74) is 0. The molecule has 0 unspecified atom stereocenters. The molecule has 0 radical (unpaired) electrons. The summed E-state index contributed by atoms with van der Waals surface area (Å²) >= 11 is 0. The summed E-state index contributed by atoms with van der Waals surface area (Å²) in [7, 11) is -5.16. The van der Waals surface area contributed by atoms with Gasteiger partial charge in [0, 0.05) is 5.92 Å². The Morgan fingerprint density at radius 1 is 1.08 bits per heavy atom. The van der Waals surface area contributed by atoms with Crippen molar-refractivity contribution in [2.75, 3.05) is 0 Å². The zero-order valence-corrected chi connectivity index (χ0v) is 6.38. The van der Waals surface area contributed by atoms with Crippen molar-refractivity contribution in [3.8, 4) is 11.2 Å². The van der Waals surface area contributed by atoms with Crippen LogP contribution in [0.3, 0.4) is 0 Å². The van der Waals surface area contributed by atoms with Crippen LogP contribution in [0.2, 0.25) is 0 Å². The van der Waals surface area contributed by atoms with Gasteiger partial charge in [-0.2, -0.15) is 30.4 Å². The van der Waals surface area contributed by atoms with Crippen molar-refractivity contribution in [3.63, 3.8) is 0 Å². The third kappa shape index (κ3) is 4.05. The van der Waals surface area contributed by atoms with Crippen LogP contribution in [-0.2, 0) is 10.1 Å². The van der Waals surface area contributed by atoms with E-state index in [1.807, 2.05) is 0 Å². The van der Waals surface area contributed by atoms with Crippen LogP contribution in [0, 0.1) is 11.2 Å². The van der Waals surface area contributed by atoms with Gasteiger partial charge in [-0.3, -0.25) is 4.55 Å². The molecule has 0 aliphatic carbocycles. The van der Waals surface area contributed by atoms with Crippen molar-refractivity contribution in [2.45, 2.75) is 12.1 Å². The predicted molar refractivity (Wildman–Crippen MR) is 30.3 cm³/mol. The van der Waals surface area contributed by atoms with E-state index in [-0.39, 0.29) is 5.92 Å². The number of hydrogen-bond acceptors (Lipinski definition) is 2. The first kappa shape index (κ1) is 12.1. The van der Waals surface area contributed by atoms with E-state index in [2.05, 4.69) is 0 Å². The molecule has 0 aliphatic rings. The van der Waals surface area contributed by atoms with E-state index in [1.165, 1.54) is 0 Å². The lowest BCUT2D eigenvalue weighted by Crippen LogP contribution is -2.34. The molecule has 13 heavy (non-hydrogen) atoms. The molecule has 0 aromatic rings. The van der Waals surface area contributed by atoms with Crippen LogP contribution >= 0.6 is 0 Å². The van der Waals surface area contributed by atoms with Gasteiger partial charge in [0.25, 0.3) is 0 Å². The van der Waals surface area contributed by atoms with Gasteiger partial charge in [0.1, 0.15) is 0 Å². The first-order valence-electron chi connectivity index (χ1n) is 2.41. The Balaban J connectivity index is 5.00. The molecule has 9 heteroatoms. The van der Waals surface area contributed by atoms with Crippen LogP contribution in [0.25, 0.3) is 0 Å². The van der Waals surface area contributed by atoms with Gasteiger partial charge in [0.05, 0.1) is 5.25 Å². The van der Waals surface area contributed by atoms with Gasteiger partial charge < -0.3 is 0 Å². The molecule has 0 spiro atoms. The molecule has 0 aromatic heterocycles. The summed E-state index contributed by atoms with van der Waals surface area (Å²) in [4.78, 5) is 0. The number of rotatable bonds is 0. The first-order valence-corrected chi connectivity index (χ1v) is 3.86. The Bertz CT molecular complexity index is 342. The molecule has 0 fully saturated rings. The fourth-order valence-electron chi connectivity index (χ4n) is 0.199. The predicted octanol–water partition coefficient (Wildman–Crippen LogP) is 1.03. The first-order chi connectivity index (χ1) is 5.46. The van der Waals surface area contributed by atoms with Crippen molar-refractivity contribution in [2.24, 2.45) is 0 Å². The van der Waals surface area contributed by atoms with E-state index < -0.39 is 22.2 Å². The highest BCUT2D eigenvalue weighted by Crippen LogP contribution is 2.34. The maximum atomic E-state index is 11.8. The van der Waals surface area contributed by atoms with E-state index >= 15 is 0 Å². The number of hydrogen-bond donors (Lipinski definition) is 1. The van der Waals surface area contributed by atoms with Crippen molar-refractivity contribution in [3.05, 3.63) is 0 Å². The Kier molecular flexibility index (Phi) is 2.90. The van der Waals surface area contributed by atoms with E-state index in [4.69, 9.17) is 4.55 Å². The summed E-state index contributed by atoms with van der Waals surface area (Å²) in [6, 6.07) is 0. The normalized spacial score (nSPS) is 13.4. The summed E-state index contributed by atoms with van der Waals surface area (Å²) in [5, 5.41) is 0.376. The molecule has 0 rings (SSSR count). The molecular weight excluding hydrogens is 223 g/mol. The second kappa shape index (κ2) is 3.12. The molecule has 3 nitrogen and oxygen atoms in total. The fourth-order valence-corrected chi connectivity index (χ4v) is 0.457. The topological polar surface area (TPSA) is 54.4 Å². The Hall–Kier alpha value is -0.880. The minimum absolute atomic E-state index is 0.0926. The lowest BCUT2D eigenvalue weighted by molar-refractivity contribution is -0.254. The number of halogens is 5. The maximum Gasteiger partial charge on any atom is 0.466 e. The van der Waals surface area contributed by atoms with Crippen LogP contribution in [0.5, 0.6) is 0 Å². The van der Waals surface area contributed by atoms with Crippen molar-refractivity contribution >= 4 is 10.1 Å². The second-order valence-corrected chi connectivity index (χ2v) is 2.93. The summed E-state index contributed by atoms with van der Waals surface area (Å²) in [6.07, 6.45) is -5.97. The summed E-state index contributed by atoms with van der Waals surface area (Å²) in [5.74, 6) is -5.36. The molecule has 0 atom stereocenters. The molecule has 1 N–H and O–H groups in total. The molecule has 0 aromatic carbocycles. The van der Waals surface area contributed by atoms with Crippen LogP contribution in [0.15, 0.2) is 0 Å². The quantitative estimate of drug-likeness (QED) is 0.380.